The van der Waals surface area contributed by atoms with Gasteiger partial charge in [-0.25, -0.2) is 4.39 Å². The number of nitrogens with zero attached hydrogens (tertiary/aromatic N) is 1. The zero-order valence-corrected chi connectivity index (χ0v) is 8.84. The zero-order valence-electron chi connectivity index (χ0n) is 8.84. The SMILES string of the molecule is CC.Cc1cc(OCC2(F)CC2)no1. The number of aromatic nitrogens is 1. The van der Waals surface area contributed by atoms with Gasteiger partial charge in [-0.15, -0.1) is 0 Å². The van der Waals surface area contributed by atoms with Gasteiger partial charge < -0.3 is 9.26 Å². The lowest BCUT2D eigenvalue weighted by Gasteiger charge is -2.03. The molecule has 0 amide bonds. The van der Waals surface area contributed by atoms with Gasteiger partial charge in [0.05, 0.1) is 0 Å². The summed E-state index contributed by atoms with van der Waals surface area (Å²) in [5.74, 6) is 1.05. The standard InChI is InChI=1S/C8H10FNO2.C2H6/c1-6-4-7(10-12-6)11-5-8(9)2-3-8;1-2/h4H,2-3,5H2,1H3;1-2H3. The largest absolute Gasteiger partial charge is 0.472 e. The molecule has 2 rings (SSSR count). The Kier molecular flexibility index (Phi) is 3.49. The highest BCUT2D eigenvalue weighted by Crippen LogP contribution is 2.39. The first-order chi connectivity index (χ1) is 6.68. The minimum atomic E-state index is -1.09. The molecular weight excluding hydrogens is 185 g/mol. The normalized spacial score (nSPS) is 16.9. The molecule has 14 heavy (non-hydrogen) atoms. The van der Waals surface area contributed by atoms with Gasteiger partial charge in [0.25, 0.3) is 5.88 Å². The predicted molar refractivity (Wildman–Crippen MR) is 51.2 cm³/mol. The molecule has 0 saturated heterocycles. The van der Waals surface area contributed by atoms with E-state index in [1.54, 1.807) is 13.0 Å². The van der Waals surface area contributed by atoms with E-state index in [9.17, 15) is 4.39 Å². The van der Waals surface area contributed by atoms with Crippen LogP contribution in [0.15, 0.2) is 10.6 Å². The second kappa shape index (κ2) is 4.44. The van der Waals surface area contributed by atoms with Crippen molar-refractivity contribution in [3.05, 3.63) is 11.8 Å². The Morgan fingerprint density at radius 2 is 2.21 bits per heavy atom. The second-order valence-electron chi connectivity index (χ2n) is 3.22. The molecule has 1 saturated carbocycles. The van der Waals surface area contributed by atoms with Gasteiger partial charge in [-0.1, -0.05) is 13.8 Å². The maximum absolute atomic E-state index is 13.0. The number of ether oxygens (including phenoxy) is 1. The van der Waals surface area contributed by atoms with Crippen molar-refractivity contribution < 1.29 is 13.7 Å². The molecule has 1 aromatic rings. The Balaban J connectivity index is 0.000000461. The maximum atomic E-state index is 13.0. The van der Waals surface area contributed by atoms with Crippen molar-refractivity contribution in [2.75, 3.05) is 6.61 Å². The molecule has 0 aromatic carbocycles. The van der Waals surface area contributed by atoms with E-state index in [0.29, 0.717) is 24.5 Å². The molecule has 4 heteroatoms. The average molecular weight is 201 g/mol. The summed E-state index contributed by atoms with van der Waals surface area (Å²) in [7, 11) is 0. The fraction of sp³-hybridized carbons (Fsp3) is 0.700. The molecule has 1 heterocycles. The van der Waals surface area contributed by atoms with Gasteiger partial charge in [-0.2, -0.15) is 0 Å². The highest BCUT2D eigenvalue weighted by atomic mass is 19.1. The van der Waals surface area contributed by atoms with Gasteiger partial charge in [0.1, 0.15) is 18.0 Å². The minimum Gasteiger partial charge on any atom is -0.472 e. The van der Waals surface area contributed by atoms with Crippen LogP contribution in [0.2, 0.25) is 0 Å². The van der Waals surface area contributed by atoms with Crippen molar-refractivity contribution >= 4 is 0 Å². The first-order valence-corrected chi connectivity index (χ1v) is 4.93. The molecule has 0 unspecified atom stereocenters. The first kappa shape index (κ1) is 11.0. The molecule has 0 bridgehead atoms. The van der Waals surface area contributed by atoms with Gasteiger partial charge >= 0.3 is 0 Å². The summed E-state index contributed by atoms with van der Waals surface area (Å²) in [4.78, 5) is 0. The maximum Gasteiger partial charge on any atom is 0.254 e. The van der Waals surface area contributed by atoms with Crippen LogP contribution in [0.25, 0.3) is 0 Å². The molecule has 0 spiro atoms. The lowest BCUT2D eigenvalue weighted by Crippen LogP contribution is -2.13. The van der Waals surface area contributed by atoms with Crippen LogP contribution in [-0.2, 0) is 0 Å². The molecule has 1 aliphatic carbocycles. The number of alkyl halides is 1. The lowest BCUT2D eigenvalue weighted by molar-refractivity contribution is 0.167. The molecule has 1 aromatic heterocycles. The number of hydrogen-bond donors (Lipinski definition) is 0. The molecule has 0 aliphatic heterocycles. The van der Waals surface area contributed by atoms with Crippen molar-refractivity contribution in [3.8, 4) is 5.88 Å². The Morgan fingerprint density at radius 3 is 2.64 bits per heavy atom. The van der Waals surface area contributed by atoms with Gasteiger partial charge in [0.15, 0.2) is 0 Å². The van der Waals surface area contributed by atoms with Crippen molar-refractivity contribution in [3.63, 3.8) is 0 Å². The predicted octanol–water partition coefficient (Wildman–Crippen LogP) is 2.89. The molecule has 80 valence electrons. The fourth-order valence-electron chi connectivity index (χ4n) is 0.895. The number of halogens is 1. The fourth-order valence-corrected chi connectivity index (χ4v) is 0.895. The van der Waals surface area contributed by atoms with Crippen LogP contribution in [-0.4, -0.2) is 17.4 Å². The van der Waals surface area contributed by atoms with Gasteiger partial charge in [0, 0.05) is 6.07 Å². The second-order valence-corrected chi connectivity index (χ2v) is 3.22. The summed E-state index contributed by atoms with van der Waals surface area (Å²) in [5.41, 5.74) is -1.09. The van der Waals surface area contributed by atoms with Gasteiger partial charge in [0.2, 0.25) is 0 Å². The van der Waals surface area contributed by atoms with Crippen LogP contribution in [0, 0.1) is 6.92 Å². The molecule has 1 fully saturated rings. The number of hydrogen-bond acceptors (Lipinski definition) is 3. The van der Waals surface area contributed by atoms with Gasteiger partial charge in [-0.3, -0.25) is 0 Å². The summed E-state index contributed by atoms with van der Waals surface area (Å²) in [6, 6.07) is 1.64. The summed E-state index contributed by atoms with van der Waals surface area (Å²) in [6.45, 7) is 5.86. The third kappa shape index (κ3) is 3.01. The van der Waals surface area contributed by atoms with E-state index in [1.165, 1.54) is 0 Å². The lowest BCUT2D eigenvalue weighted by atomic mass is 10.4. The quantitative estimate of drug-likeness (QED) is 0.754. The zero-order chi connectivity index (χ0) is 10.6. The highest BCUT2D eigenvalue weighted by Gasteiger charge is 2.44. The van der Waals surface area contributed by atoms with Crippen LogP contribution in [0.3, 0.4) is 0 Å². The highest BCUT2D eigenvalue weighted by molar-refractivity contribution is 5.10. The Morgan fingerprint density at radius 1 is 1.57 bits per heavy atom. The third-order valence-corrected chi connectivity index (χ3v) is 1.88. The summed E-state index contributed by atoms with van der Waals surface area (Å²) < 4.78 is 22.8. The smallest absolute Gasteiger partial charge is 0.254 e. The van der Waals surface area contributed by atoms with E-state index < -0.39 is 5.67 Å². The first-order valence-electron chi connectivity index (χ1n) is 4.93. The minimum absolute atomic E-state index is 0.0962. The van der Waals surface area contributed by atoms with Crippen molar-refractivity contribution in [2.45, 2.75) is 39.3 Å². The Bertz CT molecular complexity index is 281. The molecule has 3 nitrogen and oxygen atoms in total. The summed E-state index contributed by atoms with van der Waals surface area (Å²) in [5, 5.41) is 3.58. The van der Waals surface area contributed by atoms with E-state index in [0.717, 1.165) is 0 Å². The van der Waals surface area contributed by atoms with Crippen molar-refractivity contribution in [1.82, 2.24) is 5.16 Å². The molecule has 0 radical (unpaired) electrons. The van der Waals surface area contributed by atoms with Crippen molar-refractivity contribution in [2.24, 2.45) is 0 Å². The number of rotatable bonds is 3. The number of aryl methyl sites for hydroxylation is 1. The van der Waals surface area contributed by atoms with Crippen molar-refractivity contribution in [1.29, 1.82) is 0 Å². The van der Waals surface area contributed by atoms with Crippen LogP contribution in [0.5, 0.6) is 5.88 Å². The monoisotopic (exact) mass is 201 g/mol. The van der Waals surface area contributed by atoms with Crippen LogP contribution in [0.4, 0.5) is 4.39 Å². The molecular formula is C10H16FNO2. The summed E-state index contributed by atoms with van der Waals surface area (Å²) in [6.07, 6.45) is 1.20. The van der Waals surface area contributed by atoms with Crippen LogP contribution < -0.4 is 4.74 Å². The van der Waals surface area contributed by atoms with Crippen LogP contribution in [0.1, 0.15) is 32.4 Å². The molecule has 0 N–H and O–H groups in total. The molecule has 0 atom stereocenters. The van der Waals surface area contributed by atoms with Gasteiger partial charge in [-0.05, 0) is 24.9 Å². The van der Waals surface area contributed by atoms with Crippen LogP contribution >= 0.6 is 0 Å². The van der Waals surface area contributed by atoms with E-state index in [1.807, 2.05) is 13.8 Å². The Hall–Kier alpha value is -1.06. The van der Waals surface area contributed by atoms with E-state index in [2.05, 4.69) is 5.16 Å². The Labute approximate surface area is 83.2 Å². The third-order valence-electron chi connectivity index (χ3n) is 1.88. The van der Waals surface area contributed by atoms with E-state index in [4.69, 9.17) is 9.26 Å². The summed E-state index contributed by atoms with van der Waals surface area (Å²) >= 11 is 0. The topological polar surface area (TPSA) is 35.3 Å². The van der Waals surface area contributed by atoms with E-state index in [-0.39, 0.29) is 6.61 Å². The molecule has 1 aliphatic rings. The average Bonchev–Trinajstić information content (AvgIpc) is 2.78. The van der Waals surface area contributed by atoms with E-state index >= 15 is 0 Å².